The van der Waals surface area contributed by atoms with Gasteiger partial charge in [-0.05, 0) is 23.8 Å². The number of hydrazine groups is 1. The second kappa shape index (κ2) is 5.55. The second-order valence-electron chi connectivity index (χ2n) is 4.68. The number of fused-ring (bicyclic) bond motifs is 1. The van der Waals surface area contributed by atoms with Gasteiger partial charge in [-0.1, -0.05) is 24.3 Å². The standard InChI is InChI=1S/C16H13F2N3/c17-10-5-6-13(14(18)9-10)16(21-19)12-7-8-20-15-4-2-1-3-11(12)15/h1-9,16,21H,19H2. The Morgan fingerprint density at radius 1 is 1.00 bits per heavy atom. The molecule has 0 aliphatic rings. The number of pyridine rings is 1. The van der Waals surface area contributed by atoms with E-state index in [0.717, 1.165) is 22.5 Å². The van der Waals surface area contributed by atoms with Crippen LogP contribution in [0.1, 0.15) is 17.2 Å². The number of hydrogen-bond acceptors (Lipinski definition) is 3. The summed E-state index contributed by atoms with van der Waals surface area (Å²) in [5.74, 6) is 4.35. The van der Waals surface area contributed by atoms with E-state index in [2.05, 4.69) is 10.4 Å². The Hall–Kier alpha value is -2.37. The molecule has 0 bridgehead atoms. The molecule has 0 amide bonds. The molecule has 3 rings (SSSR count). The first-order valence-electron chi connectivity index (χ1n) is 6.45. The third-order valence-electron chi connectivity index (χ3n) is 3.43. The number of benzene rings is 2. The number of halogens is 2. The largest absolute Gasteiger partial charge is 0.271 e. The average Bonchev–Trinajstić information content (AvgIpc) is 2.50. The monoisotopic (exact) mass is 285 g/mol. The maximum absolute atomic E-state index is 14.0. The molecule has 1 heterocycles. The van der Waals surface area contributed by atoms with Crippen LogP contribution in [-0.4, -0.2) is 4.98 Å². The molecule has 0 saturated carbocycles. The summed E-state index contributed by atoms with van der Waals surface area (Å²) in [4.78, 5) is 4.27. The van der Waals surface area contributed by atoms with E-state index >= 15 is 0 Å². The lowest BCUT2D eigenvalue weighted by Gasteiger charge is -2.19. The van der Waals surface area contributed by atoms with Gasteiger partial charge in [-0.15, -0.1) is 0 Å². The van der Waals surface area contributed by atoms with Crippen molar-refractivity contribution in [2.75, 3.05) is 0 Å². The van der Waals surface area contributed by atoms with E-state index in [1.807, 2.05) is 24.3 Å². The van der Waals surface area contributed by atoms with Crippen LogP contribution in [0.3, 0.4) is 0 Å². The number of para-hydroxylation sites is 1. The second-order valence-corrected chi connectivity index (χ2v) is 4.68. The van der Waals surface area contributed by atoms with Crippen LogP contribution in [0.2, 0.25) is 0 Å². The van der Waals surface area contributed by atoms with E-state index in [9.17, 15) is 8.78 Å². The van der Waals surface area contributed by atoms with E-state index in [-0.39, 0.29) is 5.56 Å². The van der Waals surface area contributed by atoms with Gasteiger partial charge < -0.3 is 0 Å². The molecule has 0 radical (unpaired) electrons. The molecular weight excluding hydrogens is 272 g/mol. The molecule has 3 aromatic rings. The molecule has 0 fully saturated rings. The highest BCUT2D eigenvalue weighted by Crippen LogP contribution is 2.29. The predicted octanol–water partition coefficient (Wildman–Crippen LogP) is 3.07. The first-order valence-corrected chi connectivity index (χ1v) is 6.45. The van der Waals surface area contributed by atoms with Gasteiger partial charge in [-0.2, -0.15) is 0 Å². The molecule has 2 aromatic carbocycles. The smallest absolute Gasteiger partial charge is 0.131 e. The summed E-state index contributed by atoms with van der Waals surface area (Å²) < 4.78 is 27.1. The third kappa shape index (κ3) is 2.49. The van der Waals surface area contributed by atoms with Crippen molar-refractivity contribution in [2.24, 2.45) is 5.84 Å². The molecule has 0 aliphatic carbocycles. The molecule has 0 spiro atoms. The SMILES string of the molecule is NNC(c1ccc(F)cc1F)c1ccnc2ccccc12. The van der Waals surface area contributed by atoms with Gasteiger partial charge in [0, 0.05) is 23.2 Å². The van der Waals surface area contributed by atoms with Crippen molar-refractivity contribution in [1.29, 1.82) is 0 Å². The Bertz CT molecular complexity index is 784. The van der Waals surface area contributed by atoms with Crippen molar-refractivity contribution >= 4 is 10.9 Å². The molecule has 1 unspecified atom stereocenters. The van der Waals surface area contributed by atoms with Gasteiger partial charge >= 0.3 is 0 Å². The molecule has 0 saturated heterocycles. The molecule has 5 heteroatoms. The van der Waals surface area contributed by atoms with Crippen molar-refractivity contribution in [3.63, 3.8) is 0 Å². The average molecular weight is 285 g/mol. The number of aromatic nitrogens is 1. The number of nitrogens with one attached hydrogen (secondary N) is 1. The van der Waals surface area contributed by atoms with E-state index in [0.29, 0.717) is 0 Å². The zero-order chi connectivity index (χ0) is 14.8. The fourth-order valence-corrected chi connectivity index (χ4v) is 2.45. The minimum absolute atomic E-state index is 0.287. The summed E-state index contributed by atoms with van der Waals surface area (Å²) >= 11 is 0. The van der Waals surface area contributed by atoms with Gasteiger partial charge in [0.05, 0.1) is 11.6 Å². The lowest BCUT2D eigenvalue weighted by molar-refractivity contribution is 0.542. The maximum Gasteiger partial charge on any atom is 0.131 e. The van der Waals surface area contributed by atoms with Crippen molar-refractivity contribution in [3.8, 4) is 0 Å². The highest BCUT2D eigenvalue weighted by atomic mass is 19.1. The van der Waals surface area contributed by atoms with E-state index in [1.54, 1.807) is 12.3 Å². The first kappa shape index (κ1) is 13.6. The van der Waals surface area contributed by atoms with Crippen molar-refractivity contribution in [2.45, 2.75) is 6.04 Å². The third-order valence-corrected chi connectivity index (χ3v) is 3.43. The summed E-state index contributed by atoms with van der Waals surface area (Å²) in [6.45, 7) is 0. The Balaban J connectivity index is 2.18. The number of nitrogens with zero attached hydrogens (tertiary/aromatic N) is 1. The van der Waals surface area contributed by atoms with Crippen LogP contribution in [-0.2, 0) is 0 Å². The van der Waals surface area contributed by atoms with Gasteiger partial charge in [0.1, 0.15) is 11.6 Å². The summed E-state index contributed by atoms with van der Waals surface area (Å²) in [7, 11) is 0. The minimum Gasteiger partial charge on any atom is -0.271 e. The Labute approximate surface area is 120 Å². The molecule has 1 atom stereocenters. The fraction of sp³-hybridized carbons (Fsp3) is 0.0625. The van der Waals surface area contributed by atoms with Crippen molar-refractivity contribution < 1.29 is 8.78 Å². The van der Waals surface area contributed by atoms with Gasteiger partial charge in [0.15, 0.2) is 0 Å². The molecular formula is C16H13F2N3. The lowest BCUT2D eigenvalue weighted by Crippen LogP contribution is -2.29. The number of nitrogens with two attached hydrogens (primary N) is 1. The molecule has 1 aromatic heterocycles. The van der Waals surface area contributed by atoms with Crippen LogP contribution in [0.5, 0.6) is 0 Å². The summed E-state index contributed by atoms with van der Waals surface area (Å²) in [5, 5.41) is 0.867. The fourth-order valence-electron chi connectivity index (χ4n) is 2.45. The zero-order valence-corrected chi connectivity index (χ0v) is 11.1. The van der Waals surface area contributed by atoms with Gasteiger partial charge in [-0.3, -0.25) is 10.8 Å². The predicted molar refractivity (Wildman–Crippen MR) is 77.3 cm³/mol. The highest BCUT2D eigenvalue weighted by Gasteiger charge is 2.19. The van der Waals surface area contributed by atoms with Crippen LogP contribution in [0.4, 0.5) is 8.78 Å². The highest BCUT2D eigenvalue weighted by molar-refractivity contribution is 5.82. The molecule has 21 heavy (non-hydrogen) atoms. The maximum atomic E-state index is 14.0. The van der Waals surface area contributed by atoms with E-state index < -0.39 is 17.7 Å². The van der Waals surface area contributed by atoms with Crippen LogP contribution in [0.15, 0.2) is 54.7 Å². The molecule has 3 nitrogen and oxygen atoms in total. The quantitative estimate of drug-likeness (QED) is 0.574. The topological polar surface area (TPSA) is 50.9 Å². The number of rotatable bonds is 3. The van der Waals surface area contributed by atoms with Crippen molar-refractivity contribution in [3.05, 3.63) is 77.5 Å². The molecule has 3 N–H and O–H groups in total. The Morgan fingerprint density at radius 3 is 2.57 bits per heavy atom. The summed E-state index contributed by atoms with van der Waals surface area (Å²) in [6, 6.07) is 12.2. The van der Waals surface area contributed by atoms with Crippen LogP contribution in [0.25, 0.3) is 10.9 Å². The lowest BCUT2D eigenvalue weighted by atomic mass is 9.96. The van der Waals surface area contributed by atoms with Gasteiger partial charge in [0.2, 0.25) is 0 Å². The van der Waals surface area contributed by atoms with Crippen molar-refractivity contribution in [1.82, 2.24) is 10.4 Å². The summed E-state index contributed by atoms with van der Waals surface area (Å²) in [5.41, 5.74) is 4.46. The molecule has 106 valence electrons. The van der Waals surface area contributed by atoms with E-state index in [4.69, 9.17) is 5.84 Å². The Morgan fingerprint density at radius 2 is 1.81 bits per heavy atom. The van der Waals surface area contributed by atoms with Crippen LogP contribution in [0, 0.1) is 11.6 Å². The van der Waals surface area contributed by atoms with Gasteiger partial charge in [0.25, 0.3) is 0 Å². The zero-order valence-electron chi connectivity index (χ0n) is 11.1. The normalized spacial score (nSPS) is 12.5. The van der Waals surface area contributed by atoms with Crippen LogP contribution < -0.4 is 11.3 Å². The van der Waals surface area contributed by atoms with E-state index in [1.165, 1.54) is 12.1 Å². The molecule has 0 aliphatic heterocycles. The summed E-state index contributed by atoms with van der Waals surface area (Å²) in [6.07, 6.45) is 1.64. The Kier molecular flexibility index (Phi) is 3.60. The van der Waals surface area contributed by atoms with Gasteiger partial charge in [-0.25, -0.2) is 14.2 Å². The van der Waals surface area contributed by atoms with Crippen LogP contribution >= 0.6 is 0 Å². The minimum atomic E-state index is -0.640. The first-order chi connectivity index (χ1) is 10.2. The number of hydrogen-bond donors (Lipinski definition) is 2.